The molecule has 20 heavy (non-hydrogen) atoms. The van der Waals surface area contributed by atoms with Gasteiger partial charge in [-0.3, -0.25) is 4.90 Å². The van der Waals surface area contributed by atoms with E-state index in [1.165, 1.54) is 38.6 Å². The molecule has 1 aromatic heterocycles. The second-order valence-corrected chi connectivity index (χ2v) is 6.59. The largest absolute Gasteiger partial charge is 0.469 e. The minimum Gasteiger partial charge on any atom is -0.469 e. The number of rotatable bonds is 4. The third kappa shape index (κ3) is 3.44. The molecule has 3 heteroatoms. The summed E-state index contributed by atoms with van der Waals surface area (Å²) in [5.41, 5.74) is 0. The number of piperazine rings is 1. The predicted molar refractivity (Wildman–Crippen MR) is 81.8 cm³/mol. The Morgan fingerprint density at radius 3 is 2.90 bits per heavy atom. The summed E-state index contributed by atoms with van der Waals surface area (Å²) in [6, 6.07) is 5.43. The van der Waals surface area contributed by atoms with Crippen LogP contribution in [0.5, 0.6) is 0 Å². The lowest BCUT2D eigenvalue weighted by molar-refractivity contribution is 0.104. The monoisotopic (exact) mass is 276 g/mol. The molecule has 1 aliphatic heterocycles. The first-order chi connectivity index (χ1) is 9.83. The summed E-state index contributed by atoms with van der Waals surface area (Å²) in [5.74, 6) is 2.02. The minimum absolute atomic E-state index is 0.643. The van der Waals surface area contributed by atoms with Crippen LogP contribution in [0.25, 0.3) is 0 Å². The highest BCUT2D eigenvalue weighted by Gasteiger charge is 2.30. The number of nitrogens with zero attached hydrogens (tertiary/aromatic N) is 1. The van der Waals surface area contributed by atoms with Crippen molar-refractivity contribution < 1.29 is 4.42 Å². The Bertz CT molecular complexity index is 384. The molecule has 112 valence electrons. The third-order valence-electron chi connectivity index (χ3n) is 5.17. The van der Waals surface area contributed by atoms with Gasteiger partial charge in [-0.05, 0) is 37.8 Å². The van der Waals surface area contributed by atoms with E-state index in [0.29, 0.717) is 12.1 Å². The molecule has 0 spiro atoms. The van der Waals surface area contributed by atoms with E-state index in [-0.39, 0.29) is 0 Å². The SMILES string of the molecule is CC1CNC(C2CCCCC2)CN1CCc1ccco1. The maximum absolute atomic E-state index is 5.46. The van der Waals surface area contributed by atoms with Crippen LogP contribution in [-0.2, 0) is 6.42 Å². The molecule has 0 aromatic carbocycles. The van der Waals surface area contributed by atoms with Gasteiger partial charge in [0.15, 0.2) is 0 Å². The van der Waals surface area contributed by atoms with Crippen molar-refractivity contribution in [3.63, 3.8) is 0 Å². The quantitative estimate of drug-likeness (QED) is 0.916. The van der Waals surface area contributed by atoms with Crippen LogP contribution in [0.4, 0.5) is 0 Å². The second-order valence-electron chi connectivity index (χ2n) is 6.59. The van der Waals surface area contributed by atoms with Crippen LogP contribution in [0.15, 0.2) is 22.8 Å². The molecule has 2 unspecified atom stereocenters. The zero-order valence-corrected chi connectivity index (χ0v) is 12.7. The van der Waals surface area contributed by atoms with Crippen molar-refractivity contribution in [3.05, 3.63) is 24.2 Å². The van der Waals surface area contributed by atoms with E-state index < -0.39 is 0 Å². The molecule has 2 heterocycles. The van der Waals surface area contributed by atoms with E-state index in [9.17, 15) is 0 Å². The van der Waals surface area contributed by atoms with Crippen molar-refractivity contribution in [2.45, 2.75) is 57.5 Å². The first-order valence-corrected chi connectivity index (χ1v) is 8.33. The molecule has 3 rings (SSSR count). The summed E-state index contributed by atoms with van der Waals surface area (Å²) in [7, 11) is 0. The van der Waals surface area contributed by atoms with Gasteiger partial charge in [-0.15, -0.1) is 0 Å². The molecule has 1 aromatic rings. The van der Waals surface area contributed by atoms with Crippen LogP contribution in [0.1, 0.15) is 44.8 Å². The fraction of sp³-hybridized carbons (Fsp3) is 0.765. The Hall–Kier alpha value is -0.800. The van der Waals surface area contributed by atoms with Gasteiger partial charge in [0.2, 0.25) is 0 Å². The lowest BCUT2D eigenvalue weighted by Crippen LogP contribution is -2.58. The Labute approximate surface area is 122 Å². The Kier molecular flexibility index (Phi) is 4.79. The lowest BCUT2D eigenvalue weighted by Gasteiger charge is -2.42. The maximum atomic E-state index is 5.46. The van der Waals surface area contributed by atoms with Crippen LogP contribution in [0.3, 0.4) is 0 Å². The van der Waals surface area contributed by atoms with Crippen LogP contribution in [0, 0.1) is 5.92 Å². The molecule has 0 amide bonds. The fourth-order valence-electron chi connectivity index (χ4n) is 3.82. The molecule has 1 saturated carbocycles. The van der Waals surface area contributed by atoms with Crippen LogP contribution in [-0.4, -0.2) is 36.6 Å². The normalized spacial score (nSPS) is 29.6. The van der Waals surface area contributed by atoms with Crippen LogP contribution >= 0.6 is 0 Å². The number of hydrogen-bond donors (Lipinski definition) is 1. The van der Waals surface area contributed by atoms with E-state index >= 15 is 0 Å². The number of nitrogens with one attached hydrogen (secondary N) is 1. The van der Waals surface area contributed by atoms with Gasteiger partial charge in [-0.25, -0.2) is 0 Å². The summed E-state index contributed by atoms with van der Waals surface area (Å²) in [6.45, 7) is 5.82. The van der Waals surface area contributed by atoms with Gasteiger partial charge in [0.25, 0.3) is 0 Å². The van der Waals surface area contributed by atoms with Crippen molar-refractivity contribution in [3.8, 4) is 0 Å². The topological polar surface area (TPSA) is 28.4 Å². The minimum atomic E-state index is 0.643. The van der Waals surface area contributed by atoms with E-state index in [2.05, 4.69) is 23.2 Å². The van der Waals surface area contributed by atoms with Crippen molar-refractivity contribution in [1.82, 2.24) is 10.2 Å². The van der Waals surface area contributed by atoms with Crippen molar-refractivity contribution in [2.24, 2.45) is 5.92 Å². The van der Waals surface area contributed by atoms with Gasteiger partial charge in [0.05, 0.1) is 6.26 Å². The molecular formula is C17H28N2O. The van der Waals surface area contributed by atoms with Crippen LogP contribution in [0.2, 0.25) is 0 Å². The van der Waals surface area contributed by atoms with Gasteiger partial charge >= 0.3 is 0 Å². The molecule has 1 N–H and O–H groups in total. The Morgan fingerprint density at radius 2 is 2.15 bits per heavy atom. The molecule has 2 atom stereocenters. The van der Waals surface area contributed by atoms with E-state index in [1.54, 1.807) is 6.26 Å². The zero-order valence-electron chi connectivity index (χ0n) is 12.7. The van der Waals surface area contributed by atoms with Gasteiger partial charge in [-0.2, -0.15) is 0 Å². The highest BCUT2D eigenvalue weighted by Crippen LogP contribution is 2.28. The number of hydrogen-bond acceptors (Lipinski definition) is 3. The van der Waals surface area contributed by atoms with E-state index in [4.69, 9.17) is 4.42 Å². The van der Waals surface area contributed by atoms with Crippen molar-refractivity contribution in [2.75, 3.05) is 19.6 Å². The molecule has 0 radical (unpaired) electrons. The van der Waals surface area contributed by atoms with E-state index in [0.717, 1.165) is 31.2 Å². The zero-order chi connectivity index (χ0) is 13.8. The summed E-state index contributed by atoms with van der Waals surface area (Å²) in [5, 5.41) is 3.80. The first kappa shape index (κ1) is 14.2. The fourth-order valence-corrected chi connectivity index (χ4v) is 3.82. The predicted octanol–water partition coefficient (Wildman–Crippen LogP) is 3.06. The summed E-state index contributed by atoms with van der Waals surface area (Å²) < 4.78 is 5.46. The summed E-state index contributed by atoms with van der Waals surface area (Å²) >= 11 is 0. The average Bonchev–Trinajstić information content (AvgIpc) is 3.01. The van der Waals surface area contributed by atoms with Crippen molar-refractivity contribution in [1.29, 1.82) is 0 Å². The standard InChI is InChI=1S/C17H28N2O/c1-14-12-18-17(15-6-3-2-4-7-15)13-19(14)10-9-16-8-5-11-20-16/h5,8,11,14-15,17-18H,2-4,6-7,9-10,12-13H2,1H3. The number of furan rings is 1. The molecule has 3 nitrogen and oxygen atoms in total. The van der Waals surface area contributed by atoms with Gasteiger partial charge < -0.3 is 9.73 Å². The summed E-state index contributed by atoms with van der Waals surface area (Å²) in [6.07, 6.45) is 9.99. The van der Waals surface area contributed by atoms with Gasteiger partial charge in [0, 0.05) is 38.1 Å². The summed E-state index contributed by atoms with van der Waals surface area (Å²) in [4.78, 5) is 2.65. The first-order valence-electron chi connectivity index (χ1n) is 8.33. The molecule has 2 aliphatic rings. The molecule has 1 saturated heterocycles. The lowest BCUT2D eigenvalue weighted by atomic mass is 9.82. The maximum Gasteiger partial charge on any atom is 0.105 e. The highest BCUT2D eigenvalue weighted by atomic mass is 16.3. The Morgan fingerprint density at radius 1 is 1.30 bits per heavy atom. The third-order valence-corrected chi connectivity index (χ3v) is 5.17. The van der Waals surface area contributed by atoms with Gasteiger partial charge in [-0.1, -0.05) is 19.3 Å². The Balaban J connectivity index is 1.52. The molecular weight excluding hydrogens is 248 g/mol. The molecule has 1 aliphatic carbocycles. The average molecular weight is 276 g/mol. The molecule has 0 bridgehead atoms. The second kappa shape index (κ2) is 6.77. The smallest absolute Gasteiger partial charge is 0.105 e. The van der Waals surface area contributed by atoms with Crippen LogP contribution < -0.4 is 5.32 Å². The van der Waals surface area contributed by atoms with E-state index in [1.807, 2.05) is 6.07 Å². The highest BCUT2D eigenvalue weighted by molar-refractivity contribution is 4.99. The van der Waals surface area contributed by atoms with Gasteiger partial charge in [0.1, 0.15) is 5.76 Å². The molecule has 2 fully saturated rings. The van der Waals surface area contributed by atoms with Crippen molar-refractivity contribution >= 4 is 0 Å².